The summed E-state index contributed by atoms with van der Waals surface area (Å²) in [7, 11) is 1.82. The molecule has 3 nitrogen and oxygen atoms in total. The molecular formula is C13H13Cl2N3. The minimum atomic E-state index is 0.580. The molecular weight excluding hydrogens is 269 g/mol. The van der Waals surface area contributed by atoms with Crippen molar-refractivity contribution in [2.24, 2.45) is 0 Å². The Balaban J connectivity index is 2.61. The Hall–Kier alpha value is -1.32. The number of nitrogens with zero attached hydrogens (tertiary/aromatic N) is 2. The molecule has 1 heterocycles. The van der Waals surface area contributed by atoms with Crippen molar-refractivity contribution in [1.29, 1.82) is 0 Å². The second kappa shape index (κ2) is 5.12. The summed E-state index contributed by atoms with van der Waals surface area (Å²) in [4.78, 5) is 0. The summed E-state index contributed by atoms with van der Waals surface area (Å²) in [5, 5.41) is 12.6. The van der Waals surface area contributed by atoms with Crippen LogP contribution in [-0.2, 0) is 0 Å². The molecule has 0 radical (unpaired) electrons. The number of halogens is 2. The predicted octanol–water partition coefficient (Wildman–Crippen LogP) is 4.11. The molecule has 0 fully saturated rings. The zero-order valence-corrected chi connectivity index (χ0v) is 11.9. The van der Waals surface area contributed by atoms with E-state index < -0.39 is 0 Å². The molecule has 1 aromatic carbocycles. The fourth-order valence-corrected chi connectivity index (χ4v) is 2.28. The third-order valence-corrected chi connectivity index (χ3v) is 3.49. The Kier molecular flexibility index (Phi) is 3.73. The molecule has 0 aliphatic heterocycles. The Labute approximate surface area is 116 Å². The smallest absolute Gasteiger partial charge is 0.151 e. The van der Waals surface area contributed by atoms with Crippen LogP contribution < -0.4 is 5.32 Å². The van der Waals surface area contributed by atoms with Gasteiger partial charge >= 0.3 is 0 Å². The van der Waals surface area contributed by atoms with E-state index in [1.165, 1.54) is 0 Å². The van der Waals surface area contributed by atoms with E-state index in [9.17, 15) is 0 Å². The second-order valence-corrected chi connectivity index (χ2v) is 4.87. The first-order chi connectivity index (χ1) is 8.54. The standard InChI is InChI=1S/C13H13Cl2N3/c1-7-8(2)13(16-3)18-17-12(7)10-5-4-9(14)6-11(10)15/h4-6H,1-3H3,(H,16,18). The molecule has 0 aliphatic rings. The van der Waals surface area contributed by atoms with Gasteiger partial charge in [0.2, 0.25) is 0 Å². The number of rotatable bonds is 2. The minimum Gasteiger partial charge on any atom is -0.371 e. The Bertz CT molecular complexity index is 597. The van der Waals surface area contributed by atoms with Crippen LogP contribution in [0.2, 0.25) is 10.0 Å². The van der Waals surface area contributed by atoms with Gasteiger partial charge in [0.1, 0.15) is 0 Å². The van der Waals surface area contributed by atoms with Crippen molar-refractivity contribution in [3.8, 4) is 11.3 Å². The van der Waals surface area contributed by atoms with Gasteiger partial charge in [-0.1, -0.05) is 23.2 Å². The van der Waals surface area contributed by atoms with Gasteiger partial charge in [-0.3, -0.25) is 0 Å². The van der Waals surface area contributed by atoms with Crippen LogP contribution in [0.25, 0.3) is 11.3 Å². The lowest BCUT2D eigenvalue weighted by Crippen LogP contribution is -2.02. The number of aromatic nitrogens is 2. The molecule has 0 aliphatic carbocycles. The van der Waals surface area contributed by atoms with Crippen molar-refractivity contribution in [3.63, 3.8) is 0 Å². The number of hydrogen-bond acceptors (Lipinski definition) is 3. The van der Waals surface area contributed by atoms with Crippen molar-refractivity contribution in [2.45, 2.75) is 13.8 Å². The number of hydrogen-bond donors (Lipinski definition) is 1. The molecule has 2 aromatic rings. The lowest BCUT2D eigenvalue weighted by Gasteiger charge is -2.11. The van der Waals surface area contributed by atoms with Crippen molar-refractivity contribution in [3.05, 3.63) is 39.4 Å². The molecule has 0 amide bonds. The van der Waals surface area contributed by atoms with E-state index in [1.807, 2.05) is 27.0 Å². The summed E-state index contributed by atoms with van der Waals surface area (Å²) in [6.07, 6.45) is 0. The monoisotopic (exact) mass is 281 g/mol. The van der Waals surface area contributed by atoms with Crippen LogP contribution in [0.15, 0.2) is 18.2 Å². The topological polar surface area (TPSA) is 37.8 Å². The molecule has 0 spiro atoms. The van der Waals surface area contributed by atoms with Crippen molar-refractivity contribution in [2.75, 3.05) is 12.4 Å². The van der Waals surface area contributed by atoms with Gasteiger partial charge in [-0.2, -0.15) is 0 Å². The average molecular weight is 282 g/mol. The summed E-state index contributed by atoms with van der Waals surface area (Å²) in [6, 6.07) is 5.37. The molecule has 0 bridgehead atoms. The SMILES string of the molecule is CNc1nnc(-c2ccc(Cl)cc2Cl)c(C)c1C. The fraction of sp³-hybridized carbons (Fsp3) is 0.231. The van der Waals surface area contributed by atoms with E-state index in [2.05, 4.69) is 15.5 Å². The van der Waals surface area contributed by atoms with Gasteiger partial charge in [0.15, 0.2) is 5.82 Å². The number of nitrogens with one attached hydrogen (secondary N) is 1. The number of anilines is 1. The first-order valence-corrected chi connectivity index (χ1v) is 6.27. The normalized spacial score (nSPS) is 10.5. The summed E-state index contributed by atoms with van der Waals surface area (Å²) >= 11 is 12.1. The summed E-state index contributed by atoms with van der Waals surface area (Å²) < 4.78 is 0. The quantitative estimate of drug-likeness (QED) is 0.900. The van der Waals surface area contributed by atoms with E-state index in [4.69, 9.17) is 23.2 Å². The zero-order valence-electron chi connectivity index (χ0n) is 10.4. The van der Waals surface area contributed by atoms with E-state index in [0.717, 1.165) is 28.2 Å². The lowest BCUT2D eigenvalue weighted by atomic mass is 10.0. The molecule has 0 saturated heterocycles. The third kappa shape index (κ3) is 2.28. The summed E-state index contributed by atoms with van der Waals surface area (Å²) in [5.41, 5.74) is 3.75. The van der Waals surface area contributed by atoms with E-state index in [-0.39, 0.29) is 0 Å². The van der Waals surface area contributed by atoms with Gasteiger partial charge in [-0.15, -0.1) is 10.2 Å². The average Bonchev–Trinajstić information content (AvgIpc) is 2.34. The van der Waals surface area contributed by atoms with Crippen molar-refractivity contribution < 1.29 is 0 Å². The maximum absolute atomic E-state index is 6.19. The molecule has 1 aromatic heterocycles. The van der Waals surface area contributed by atoms with Crippen LogP contribution >= 0.6 is 23.2 Å². The maximum atomic E-state index is 6.19. The van der Waals surface area contributed by atoms with Crippen LogP contribution in [0.4, 0.5) is 5.82 Å². The highest BCUT2D eigenvalue weighted by Crippen LogP contribution is 2.32. The predicted molar refractivity (Wildman–Crippen MR) is 76.5 cm³/mol. The van der Waals surface area contributed by atoms with Crippen LogP contribution in [0.1, 0.15) is 11.1 Å². The van der Waals surface area contributed by atoms with Crippen LogP contribution in [-0.4, -0.2) is 17.2 Å². The van der Waals surface area contributed by atoms with Crippen LogP contribution in [0.3, 0.4) is 0 Å². The Morgan fingerprint density at radius 2 is 1.78 bits per heavy atom. The highest BCUT2D eigenvalue weighted by atomic mass is 35.5. The fourth-order valence-electron chi connectivity index (χ4n) is 1.78. The number of benzene rings is 1. The van der Waals surface area contributed by atoms with Gasteiger partial charge in [-0.05, 0) is 43.2 Å². The third-order valence-electron chi connectivity index (χ3n) is 2.95. The molecule has 0 saturated carbocycles. The highest BCUT2D eigenvalue weighted by molar-refractivity contribution is 6.36. The van der Waals surface area contributed by atoms with Crippen molar-refractivity contribution >= 4 is 29.0 Å². The van der Waals surface area contributed by atoms with Crippen LogP contribution in [0.5, 0.6) is 0 Å². The first kappa shape index (κ1) is 13.1. The minimum absolute atomic E-state index is 0.580. The van der Waals surface area contributed by atoms with Gasteiger partial charge in [0.05, 0.1) is 10.7 Å². The first-order valence-electron chi connectivity index (χ1n) is 5.51. The van der Waals surface area contributed by atoms with E-state index in [1.54, 1.807) is 12.1 Å². The molecule has 1 N–H and O–H groups in total. The van der Waals surface area contributed by atoms with Crippen LogP contribution in [0, 0.1) is 13.8 Å². The zero-order chi connectivity index (χ0) is 13.3. The summed E-state index contributed by atoms with van der Waals surface area (Å²) in [6.45, 7) is 4.01. The maximum Gasteiger partial charge on any atom is 0.151 e. The lowest BCUT2D eigenvalue weighted by molar-refractivity contribution is 1.00. The summed E-state index contributed by atoms with van der Waals surface area (Å²) in [5.74, 6) is 0.779. The highest BCUT2D eigenvalue weighted by Gasteiger charge is 2.13. The molecule has 18 heavy (non-hydrogen) atoms. The van der Waals surface area contributed by atoms with Gasteiger partial charge in [-0.25, -0.2) is 0 Å². The van der Waals surface area contributed by atoms with Gasteiger partial charge < -0.3 is 5.32 Å². The van der Waals surface area contributed by atoms with Gasteiger partial charge in [0.25, 0.3) is 0 Å². The Morgan fingerprint density at radius 1 is 1.06 bits per heavy atom. The Morgan fingerprint density at radius 3 is 2.39 bits per heavy atom. The molecule has 0 unspecified atom stereocenters. The molecule has 2 rings (SSSR count). The largest absolute Gasteiger partial charge is 0.371 e. The van der Waals surface area contributed by atoms with Crippen molar-refractivity contribution in [1.82, 2.24) is 10.2 Å². The molecule has 0 atom stereocenters. The molecule has 5 heteroatoms. The molecule has 94 valence electrons. The van der Waals surface area contributed by atoms with E-state index >= 15 is 0 Å². The van der Waals surface area contributed by atoms with E-state index in [0.29, 0.717) is 10.0 Å². The second-order valence-electron chi connectivity index (χ2n) is 4.02. The van der Waals surface area contributed by atoms with Gasteiger partial charge in [0, 0.05) is 17.6 Å².